The molecule has 156 valence electrons. The molecule has 0 aliphatic carbocycles. The molecule has 0 aliphatic rings. The molecular weight excluding hydrogens is 393 g/mol. The van der Waals surface area contributed by atoms with Gasteiger partial charge in [0.25, 0.3) is 17.2 Å². The number of nitrogens with one attached hydrogen (secondary N) is 2. The molecule has 8 nitrogen and oxygen atoms in total. The molecule has 0 saturated carbocycles. The number of alkyl halides is 3. The number of benzene rings is 1. The smallest absolute Gasteiger partial charge is 0.343 e. The highest BCUT2D eigenvalue weighted by atomic mass is 19.4. The van der Waals surface area contributed by atoms with E-state index >= 15 is 0 Å². The molecule has 0 saturated heterocycles. The van der Waals surface area contributed by atoms with Gasteiger partial charge in [-0.3, -0.25) is 19.7 Å². The van der Waals surface area contributed by atoms with Gasteiger partial charge in [-0.2, -0.15) is 13.2 Å². The number of carbonyl (C=O) groups is 1. The minimum atomic E-state index is -4.89. The lowest BCUT2D eigenvalue weighted by Crippen LogP contribution is -2.37. The number of aromatic amines is 1. The van der Waals surface area contributed by atoms with Crippen LogP contribution < -0.4 is 10.9 Å². The first kappa shape index (κ1) is 22.1. The van der Waals surface area contributed by atoms with Crippen LogP contribution in [0.2, 0.25) is 0 Å². The number of hydrogen-bond acceptors (Lipinski definition) is 5. The van der Waals surface area contributed by atoms with Gasteiger partial charge in [0.1, 0.15) is 17.1 Å². The Labute approximate surface area is 163 Å². The molecule has 1 heterocycles. The van der Waals surface area contributed by atoms with E-state index in [1.165, 1.54) is 6.92 Å². The number of amides is 1. The number of hydrogen-bond donors (Lipinski definition) is 2. The minimum absolute atomic E-state index is 0.118. The second-order valence-electron chi connectivity index (χ2n) is 7.52. The molecule has 1 aromatic carbocycles. The molecule has 0 aliphatic heterocycles. The van der Waals surface area contributed by atoms with Crippen LogP contribution in [0.5, 0.6) is 0 Å². The Hall–Kier alpha value is -3.24. The summed E-state index contributed by atoms with van der Waals surface area (Å²) < 4.78 is 39.2. The average molecular weight is 412 g/mol. The van der Waals surface area contributed by atoms with Crippen molar-refractivity contribution >= 4 is 11.6 Å². The summed E-state index contributed by atoms with van der Waals surface area (Å²) in [7, 11) is 0. The summed E-state index contributed by atoms with van der Waals surface area (Å²) >= 11 is 0. The highest BCUT2D eigenvalue weighted by Gasteiger charge is 2.39. The lowest BCUT2D eigenvalue weighted by molar-refractivity contribution is -0.388. The largest absolute Gasteiger partial charge is 0.422 e. The topological polar surface area (TPSA) is 118 Å². The van der Waals surface area contributed by atoms with E-state index < -0.39 is 45.3 Å². The fourth-order valence-corrected chi connectivity index (χ4v) is 2.82. The summed E-state index contributed by atoms with van der Waals surface area (Å²) in [5.74, 6) is -0.526. The Morgan fingerprint density at radius 3 is 2.34 bits per heavy atom. The van der Waals surface area contributed by atoms with Crippen LogP contribution in [0.25, 0.3) is 0 Å². The van der Waals surface area contributed by atoms with E-state index in [1.807, 2.05) is 0 Å². The van der Waals surface area contributed by atoms with Crippen LogP contribution >= 0.6 is 0 Å². The van der Waals surface area contributed by atoms with E-state index in [2.05, 4.69) is 15.3 Å². The highest BCUT2D eigenvalue weighted by molar-refractivity contribution is 5.92. The standard InChI is InChI=1S/C18H19F3N4O4/c1-9-22-12(8-14(26)23-9)16(27)24-15(17(2,3)4)10-5-6-11(18(19,20)21)13(7-10)25(28)29/h5-8,15H,1-4H3,(H,24,27)(H,22,23,26)/t15-/m0/s1. The van der Waals surface area contributed by atoms with Gasteiger partial charge in [-0.25, -0.2) is 4.98 Å². The summed E-state index contributed by atoms with van der Waals surface area (Å²) in [6.07, 6.45) is -4.89. The van der Waals surface area contributed by atoms with Crippen molar-refractivity contribution in [3.63, 3.8) is 0 Å². The Morgan fingerprint density at radius 1 is 1.24 bits per heavy atom. The summed E-state index contributed by atoms with van der Waals surface area (Å²) in [6.45, 7) is 6.60. The Balaban J connectivity index is 2.51. The first-order valence-corrected chi connectivity index (χ1v) is 8.44. The van der Waals surface area contributed by atoms with Crippen molar-refractivity contribution in [3.05, 3.63) is 67.4 Å². The van der Waals surface area contributed by atoms with Crippen molar-refractivity contribution in [3.8, 4) is 0 Å². The molecule has 1 aromatic heterocycles. The Bertz CT molecular complexity index is 1010. The van der Waals surface area contributed by atoms with Crippen LogP contribution in [-0.2, 0) is 6.18 Å². The van der Waals surface area contributed by atoms with Gasteiger partial charge >= 0.3 is 6.18 Å². The van der Waals surface area contributed by atoms with E-state index in [1.54, 1.807) is 20.8 Å². The molecule has 11 heteroatoms. The fraction of sp³-hybridized carbons (Fsp3) is 0.389. The quantitative estimate of drug-likeness (QED) is 0.588. The van der Waals surface area contributed by atoms with E-state index in [9.17, 15) is 32.9 Å². The van der Waals surface area contributed by atoms with Crippen molar-refractivity contribution in [2.24, 2.45) is 5.41 Å². The molecule has 0 spiro atoms. The summed E-state index contributed by atoms with van der Waals surface area (Å²) in [5, 5.41) is 13.8. The molecular formula is C18H19F3N4O4. The summed E-state index contributed by atoms with van der Waals surface area (Å²) in [5.41, 5.74) is -3.81. The molecule has 29 heavy (non-hydrogen) atoms. The second-order valence-corrected chi connectivity index (χ2v) is 7.52. The predicted octanol–water partition coefficient (Wildman–Crippen LogP) is 3.52. The third-order valence-electron chi connectivity index (χ3n) is 4.09. The van der Waals surface area contributed by atoms with Gasteiger partial charge in [0, 0.05) is 12.1 Å². The molecule has 2 N–H and O–H groups in total. The van der Waals surface area contributed by atoms with E-state index in [-0.39, 0.29) is 17.1 Å². The number of nitro benzene ring substituents is 1. The van der Waals surface area contributed by atoms with Crippen LogP contribution in [0, 0.1) is 22.5 Å². The van der Waals surface area contributed by atoms with Gasteiger partial charge in [-0.15, -0.1) is 0 Å². The van der Waals surface area contributed by atoms with Crippen molar-refractivity contribution in [2.45, 2.75) is 39.9 Å². The van der Waals surface area contributed by atoms with Gasteiger partial charge in [0.05, 0.1) is 11.0 Å². The molecule has 0 unspecified atom stereocenters. The van der Waals surface area contributed by atoms with Crippen molar-refractivity contribution in [2.75, 3.05) is 0 Å². The molecule has 1 atom stereocenters. The maximum Gasteiger partial charge on any atom is 0.422 e. The number of carbonyl (C=O) groups excluding carboxylic acids is 1. The Morgan fingerprint density at radius 2 is 1.86 bits per heavy atom. The highest BCUT2D eigenvalue weighted by Crippen LogP contribution is 2.40. The zero-order valence-corrected chi connectivity index (χ0v) is 16.0. The first-order valence-electron chi connectivity index (χ1n) is 8.44. The number of rotatable bonds is 4. The number of H-pyrrole nitrogens is 1. The number of aromatic nitrogens is 2. The summed E-state index contributed by atoms with van der Waals surface area (Å²) in [6, 6.07) is 2.60. The minimum Gasteiger partial charge on any atom is -0.343 e. The molecule has 0 bridgehead atoms. The zero-order chi connectivity index (χ0) is 22.1. The SMILES string of the molecule is Cc1nc(C(=O)N[C@@H](c2ccc(C(F)(F)F)c([N+](=O)[O-])c2)C(C)(C)C)cc(=O)[nH]1. The van der Waals surface area contributed by atoms with Crippen molar-refractivity contribution in [1.29, 1.82) is 0 Å². The van der Waals surface area contributed by atoms with Crippen LogP contribution in [0.4, 0.5) is 18.9 Å². The van der Waals surface area contributed by atoms with E-state index in [4.69, 9.17) is 0 Å². The second kappa shape index (κ2) is 7.64. The fourth-order valence-electron chi connectivity index (χ4n) is 2.82. The number of aryl methyl sites for hydroxylation is 1. The zero-order valence-electron chi connectivity index (χ0n) is 16.0. The molecule has 2 aromatic rings. The third kappa shape index (κ3) is 5.18. The van der Waals surface area contributed by atoms with Gasteiger partial charge < -0.3 is 10.3 Å². The summed E-state index contributed by atoms with van der Waals surface area (Å²) in [4.78, 5) is 40.5. The maximum absolute atomic E-state index is 13.1. The van der Waals surface area contributed by atoms with Gasteiger partial charge in [-0.05, 0) is 24.0 Å². The number of nitro groups is 1. The van der Waals surface area contributed by atoms with E-state index in [0.29, 0.717) is 6.07 Å². The van der Waals surface area contributed by atoms with Crippen LogP contribution in [0.3, 0.4) is 0 Å². The molecule has 0 fully saturated rings. The lowest BCUT2D eigenvalue weighted by atomic mass is 9.81. The number of nitrogens with zero attached hydrogens (tertiary/aromatic N) is 2. The van der Waals surface area contributed by atoms with Crippen LogP contribution in [0.1, 0.15) is 54.3 Å². The first-order chi connectivity index (χ1) is 13.2. The van der Waals surface area contributed by atoms with Gasteiger partial charge in [-0.1, -0.05) is 26.8 Å². The van der Waals surface area contributed by atoms with Crippen LogP contribution in [0.15, 0.2) is 29.1 Å². The lowest BCUT2D eigenvalue weighted by Gasteiger charge is -2.32. The van der Waals surface area contributed by atoms with Crippen molar-refractivity contribution in [1.82, 2.24) is 15.3 Å². The normalized spacial score (nSPS) is 13.1. The third-order valence-corrected chi connectivity index (χ3v) is 4.09. The molecule has 2 rings (SSSR count). The van der Waals surface area contributed by atoms with Crippen LogP contribution in [-0.4, -0.2) is 20.8 Å². The maximum atomic E-state index is 13.1. The van der Waals surface area contributed by atoms with Gasteiger partial charge in [0.15, 0.2) is 0 Å². The van der Waals surface area contributed by atoms with Gasteiger partial charge in [0.2, 0.25) is 0 Å². The predicted molar refractivity (Wildman–Crippen MR) is 97.4 cm³/mol. The molecule has 1 amide bonds. The Kier molecular flexibility index (Phi) is 5.81. The average Bonchev–Trinajstić information content (AvgIpc) is 2.56. The number of halogens is 3. The van der Waals surface area contributed by atoms with E-state index in [0.717, 1.165) is 18.2 Å². The van der Waals surface area contributed by atoms with Crippen molar-refractivity contribution < 1.29 is 22.9 Å². The monoisotopic (exact) mass is 412 g/mol. The molecule has 0 radical (unpaired) electrons.